The molecule has 3 aromatic rings. The van der Waals surface area contributed by atoms with E-state index in [4.69, 9.17) is 0 Å². The predicted octanol–water partition coefficient (Wildman–Crippen LogP) is 3.97. The third-order valence-corrected chi connectivity index (χ3v) is 9.10. The fourth-order valence-corrected chi connectivity index (χ4v) is 6.69. The number of benzene rings is 3. The summed E-state index contributed by atoms with van der Waals surface area (Å²) in [5.41, 5.74) is 0.678. The van der Waals surface area contributed by atoms with Crippen molar-refractivity contribution in [2.75, 3.05) is 23.1 Å². The van der Waals surface area contributed by atoms with Crippen molar-refractivity contribution in [1.82, 2.24) is 4.31 Å². The molecule has 0 aromatic heterocycles. The number of nitrogens with one attached hydrogen (secondary N) is 2. The maximum atomic E-state index is 13.4. The van der Waals surface area contributed by atoms with E-state index < -0.39 is 31.8 Å². The van der Waals surface area contributed by atoms with Gasteiger partial charge in [-0.25, -0.2) is 21.2 Å². The van der Waals surface area contributed by atoms with Crippen LogP contribution < -0.4 is 10.0 Å². The summed E-state index contributed by atoms with van der Waals surface area (Å²) >= 11 is 0. The average molecular weight is 518 g/mol. The van der Waals surface area contributed by atoms with Gasteiger partial charge in [-0.15, -0.1) is 0 Å². The van der Waals surface area contributed by atoms with Gasteiger partial charge in [-0.05, 0) is 79.9 Å². The molecule has 1 aliphatic rings. The Hall–Kier alpha value is -3.28. The minimum absolute atomic E-state index is 0.0435. The van der Waals surface area contributed by atoms with Crippen LogP contribution in [0.5, 0.6) is 0 Å². The molecule has 1 saturated heterocycles. The number of sulfonamides is 2. The van der Waals surface area contributed by atoms with E-state index in [-0.39, 0.29) is 26.6 Å². The quantitative estimate of drug-likeness (QED) is 0.493. The van der Waals surface area contributed by atoms with Crippen molar-refractivity contribution < 1.29 is 26.0 Å². The number of para-hydroxylation sites is 1. The topological polar surface area (TPSA) is 113 Å². The van der Waals surface area contributed by atoms with E-state index in [2.05, 4.69) is 10.0 Å². The van der Waals surface area contributed by atoms with E-state index in [1.54, 1.807) is 12.1 Å². The summed E-state index contributed by atoms with van der Waals surface area (Å²) in [5.74, 6) is -1.14. The molecular formula is C24H24FN3O5S2. The first-order valence-electron chi connectivity index (χ1n) is 10.9. The lowest BCUT2D eigenvalue weighted by Gasteiger charge is -2.16. The lowest BCUT2D eigenvalue weighted by atomic mass is 10.1. The zero-order chi connectivity index (χ0) is 25.2. The van der Waals surface area contributed by atoms with Gasteiger partial charge in [-0.2, -0.15) is 4.31 Å². The predicted molar refractivity (Wildman–Crippen MR) is 131 cm³/mol. The Bertz CT molecular complexity index is 1470. The maximum Gasteiger partial charge on any atom is 0.262 e. The van der Waals surface area contributed by atoms with E-state index in [1.165, 1.54) is 47.6 Å². The second-order valence-electron chi connectivity index (χ2n) is 8.15. The minimum atomic E-state index is -4.09. The molecule has 8 nitrogen and oxygen atoms in total. The maximum absolute atomic E-state index is 13.4. The molecule has 4 rings (SSSR count). The summed E-state index contributed by atoms with van der Waals surface area (Å²) in [5, 5.41) is 2.66. The summed E-state index contributed by atoms with van der Waals surface area (Å²) in [6, 6.07) is 15.2. The van der Waals surface area contributed by atoms with Crippen LogP contribution in [0.2, 0.25) is 0 Å². The van der Waals surface area contributed by atoms with Gasteiger partial charge in [0.15, 0.2) is 0 Å². The van der Waals surface area contributed by atoms with Gasteiger partial charge in [0.05, 0.1) is 21.0 Å². The van der Waals surface area contributed by atoms with Crippen molar-refractivity contribution in [3.8, 4) is 0 Å². The van der Waals surface area contributed by atoms with Crippen LogP contribution in [0.1, 0.15) is 28.8 Å². The van der Waals surface area contributed by atoms with Crippen molar-refractivity contribution in [2.24, 2.45) is 0 Å². The molecule has 1 aliphatic heterocycles. The minimum Gasteiger partial charge on any atom is -0.322 e. The van der Waals surface area contributed by atoms with E-state index >= 15 is 0 Å². The van der Waals surface area contributed by atoms with Gasteiger partial charge in [0.2, 0.25) is 10.0 Å². The van der Waals surface area contributed by atoms with Crippen molar-refractivity contribution in [1.29, 1.82) is 0 Å². The SMILES string of the molecule is Cc1cc(F)ccc1S(=O)(=O)Nc1ccccc1C(=O)Nc1ccc(S(=O)(=O)N2CCCC2)cc1. The zero-order valence-corrected chi connectivity index (χ0v) is 20.5. The van der Waals surface area contributed by atoms with Crippen LogP contribution in [0.15, 0.2) is 76.5 Å². The first-order chi connectivity index (χ1) is 16.6. The Labute approximate surface area is 203 Å². The Kier molecular flexibility index (Phi) is 6.93. The van der Waals surface area contributed by atoms with Crippen molar-refractivity contribution in [3.63, 3.8) is 0 Å². The second kappa shape index (κ2) is 9.76. The fourth-order valence-electron chi connectivity index (χ4n) is 3.87. The highest BCUT2D eigenvalue weighted by Crippen LogP contribution is 2.25. The van der Waals surface area contributed by atoms with Crippen LogP contribution >= 0.6 is 0 Å². The van der Waals surface area contributed by atoms with E-state index in [0.717, 1.165) is 31.0 Å². The zero-order valence-electron chi connectivity index (χ0n) is 18.9. The molecular weight excluding hydrogens is 493 g/mol. The molecule has 11 heteroatoms. The molecule has 0 atom stereocenters. The first kappa shape index (κ1) is 24.8. The molecule has 0 aliphatic carbocycles. The number of carbonyl (C=O) groups excluding carboxylic acids is 1. The standard InChI is InChI=1S/C24H24FN3O5S2/c1-17-16-18(25)8-13-23(17)34(30,31)27-22-7-3-2-6-21(22)24(29)26-19-9-11-20(12-10-19)35(32,33)28-14-4-5-15-28/h2-3,6-13,16,27H,4-5,14-15H2,1H3,(H,26,29). The largest absolute Gasteiger partial charge is 0.322 e. The molecule has 0 saturated carbocycles. The molecule has 0 bridgehead atoms. The molecule has 3 aromatic carbocycles. The smallest absolute Gasteiger partial charge is 0.262 e. The highest BCUT2D eigenvalue weighted by Gasteiger charge is 2.27. The molecule has 0 spiro atoms. The Morgan fingerprint density at radius 2 is 1.57 bits per heavy atom. The first-order valence-corrected chi connectivity index (χ1v) is 13.8. The second-order valence-corrected chi connectivity index (χ2v) is 11.7. The Balaban J connectivity index is 1.53. The fraction of sp³-hybridized carbons (Fsp3) is 0.208. The van der Waals surface area contributed by atoms with E-state index in [9.17, 15) is 26.0 Å². The number of hydrogen-bond acceptors (Lipinski definition) is 5. The van der Waals surface area contributed by atoms with Gasteiger partial charge < -0.3 is 5.32 Å². The average Bonchev–Trinajstić information content (AvgIpc) is 3.35. The molecule has 0 unspecified atom stereocenters. The molecule has 1 heterocycles. The Morgan fingerprint density at radius 3 is 2.23 bits per heavy atom. The van der Waals surface area contributed by atoms with Crippen LogP contribution in [-0.2, 0) is 20.0 Å². The van der Waals surface area contributed by atoms with E-state index in [1.807, 2.05) is 0 Å². The van der Waals surface area contributed by atoms with Gasteiger partial charge in [0.1, 0.15) is 5.82 Å². The third kappa shape index (κ3) is 5.37. The summed E-state index contributed by atoms with van der Waals surface area (Å²) in [6.07, 6.45) is 1.66. The number of aryl methyl sites for hydroxylation is 1. The summed E-state index contributed by atoms with van der Waals surface area (Å²) in [7, 11) is -7.66. The van der Waals surface area contributed by atoms with Crippen molar-refractivity contribution in [3.05, 3.63) is 83.7 Å². The molecule has 1 amide bonds. The summed E-state index contributed by atoms with van der Waals surface area (Å²) < 4.78 is 68.4. The normalized spacial score (nSPS) is 14.6. The van der Waals surface area contributed by atoms with E-state index in [0.29, 0.717) is 18.8 Å². The Morgan fingerprint density at radius 1 is 0.914 bits per heavy atom. The number of carbonyl (C=O) groups is 1. The van der Waals surface area contributed by atoms with Crippen molar-refractivity contribution >= 4 is 37.3 Å². The van der Waals surface area contributed by atoms with Gasteiger partial charge in [0.25, 0.3) is 15.9 Å². The number of nitrogens with zero attached hydrogens (tertiary/aromatic N) is 1. The number of halogens is 1. The highest BCUT2D eigenvalue weighted by atomic mass is 32.2. The summed E-state index contributed by atoms with van der Waals surface area (Å²) in [6.45, 7) is 2.46. The molecule has 0 radical (unpaired) electrons. The molecule has 2 N–H and O–H groups in total. The van der Waals surface area contributed by atoms with Crippen molar-refractivity contribution in [2.45, 2.75) is 29.6 Å². The van der Waals surface area contributed by atoms with Crippen LogP contribution in [0.3, 0.4) is 0 Å². The number of amides is 1. The molecule has 184 valence electrons. The van der Waals surface area contributed by atoms with Crippen LogP contribution in [0.25, 0.3) is 0 Å². The molecule has 1 fully saturated rings. The number of anilines is 2. The number of hydrogen-bond donors (Lipinski definition) is 2. The van der Waals surface area contributed by atoms with Gasteiger partial charge in [0, 0.05) is 18.8 Å². The summed E-state index contributed by atoms with van der Waals surface area (Å²) in [4.78, 5) is 13.0. The van der Waals surface area contributed by atoms with Gasteiger partial charge >= 0.3 is 0 Å². The van der Waals surface area contributed by atoms with Gasteiger partial charge in [-0.1, -0.05) is 12.1 Å². The highest BCUT2D eigenvalue weighted by molar-refractivity contribution is 7.92. The lowest BCUT2D eigenvalue weighted by Crippen LogP contribution is -2.27. The van der Waals surface area contributed by atoms with Crippen LogP contribution in [0, 0.1) is 12.7 Å². The monoisotopic (exact) mass is 517 g/mol. The lowest BCUT2D eigenvalue weighted by molar-refractivity contribution is 0.102. The number of rotatable bonds is 7. The van der Waals surface area contributed by atoms with Gasteiger partial charge in [-0.3, -0.25) is 9.52 Å². The molecule has 35 heavy (non-hydrogen) atoms. The van der Waals surface area contributed by atoms with Crippen LogP contribution in [0.4, 0.5) is 15.8 Å². The third-order valence-electron chi connectivity index (χ3n) is 5.66. The van der Waals surface area contributed by atoms with Crippen LogP contribution in [-0.4, -0.2) is 40.1 Å².